The molecule has 1 fully saturated rings. The molecule has 1 N–H and O–H groups in total. The summed E-state index contributed by atoms with van der Waals surface area (Å²) in [6, 6.07) is 19.7. The Morgan fingerprint density at radius 2 is 1.36 bits per heavy atom. The van der Waals surface area contributed by atoms with Crippen LogP contribution >= 0.6 is 36.7 Å². The van der Waals surface area contributed by atoms with E-state index in [1.165, 1.54) is 0 Å². The van der Waals surface area contributed by atoms with Gasteiger partial charge in [0.2, 0.25) is 0 Å². The molecule has 6 heteroatoms. The van der Waals surface area contributed by atoms with Crippen molar-refractivity contribution in [3.63, 3.8) is 0 Å². The number of hydrogen-bond acceptors (Lipinski definition) is 2. The topological polar surface area (TPSA) is 32.6 Å². The van der Waals surface area contributed by atoms with Crippen molar-refractivity contribution in [3.05, 3.63) is 71.8 Å². The SMILES string of the molecule is O/C(=C1/CCCCC1=Nc1ccccc1)c1ccccc1.[Br][Zr]([Br])[Br]. The Kier molecular flexibility index (Phi) is 9.90. The molecule has 2 aromatic carbocycles. The molecule has 0 aliphatic heterocycles. The Morgan fingerprint density at radius 3 is 1.96 bits per heavy atom. The minimum atomic E-state index is -1.11. The fraction of sp³-hybridized carbons (Fsp3) is 0.211. The van der Waals surface area contributed by atoms with E-state index in [4.69, 9.17) is 4.99 Å². The zero-order valence-corrected chi connectivity index (χ0v) is 20.8. The average Bonchev–Trinajstić information content (AvgIpc) is 2.63. The molecule has 0 heterocycles. The van der Waals surface area contributed by atoms with Crippen LogP contribution in [-0.4, -0.2) is 10.8 Å². The van der Waals surface area contributed by atoms with Crippen molar-refractivity contribution in [1.29, 1.82) is 0 Å². The molecule has 0 saturated heterocycles. The van der Waals surface area contributed by atoms with Gasteiger partial charge in [-0.2, -0.15) is 0 Å². The van der Waals surface area contributed by atoms with Gasteiger partial charge in [0.1, 0.15) is 5.76 Å². The van der Waals surface area contributed by atoms with Crippen LogP contribution in [0.3, 0.4) is 0 Å². The van der Waals surface area contributed by atoms with E-state index in [1.807, 2.05) is 60.7 Å². The fourth-order valence-corrected chi connectivity index (χ4v) is 2.70. The minimum absolute atomic E-state index is 0.380. The molecule has 131 valence electrons. The first-order valence-electron chi connectivity index (χ1n) is 8.02. The third-order valence-electron chi connectivity index (χ3n) is 3.79. The first kappa shape index (κ1) is 21.3. The zero-order chi connectivity index (χ0) is 18.1. The molecule has 0 spiro atoms. The molecule has 25 heavy (non-hydrogen) atoms. The summed E-state index contributed by atoms with van der Waals surface area (Å²) in [6.45, 7) is 0. The van der Waals surface area contributed by atoms with Crippen LogP contribution in [-0.2, 0) is 14.7 Å². The molecule has 0 radical (unpaired) electrons. The number of benzene rings is 2. The van der Waals surface area contributed by atoms with Crippen molar-refractivity contribution in [3.8, 4) is 0 Å². The van der Waals surface area contributed by atoms with Crippen molar-refractivity contribution in [2.45, 2.75) is 25.7 Å². The second kappa shape index (κ2) is 11.6. The number of aliphatic hydroxyl groups excluding tert-OH is 1. The molecule has 1 saturated carbocycles. The van der Waals surface area contributed by atoms with Crippen molar-refractivity contribution < 1.29 is 19.8 Å². The summed E-state index contributed by atoms with van der Waals surface area (Å²) in [5, 5.41) is 10.6. The summed E-state index contributed by atoms with van der Waals surface area (Å²) >= 11 is 8.80. The molecule has 3 rings (SSSR count). The molecule has 1 aliphatic rings. The van der Waals surface area contributed by atoms with E-state index in [9.17, 15) is 5.11 Å². The van der Waals surface area contributed by atoms with Gasteiger partial charge in [0.05, 0.1) is 5.69 Å². The zero-order valence-electron chi connectivity index (χ0n) is 13.6. The summed E-state index contributed by atoms with van der Waals surface area (Å²) in [4.78, 5) is 4.74. The number of para-hydroxylation sites is 1. The monoisotopic (exact) mass is 604 g/mol. The van der Waals surface area contributed by atoms with Gasteiger partial charge in [-0.1, -0.05) is 48.5 Å². The number of halogens is 3. The summed E-state index contributed by atoms with van der Waals surface area (Å²) < 4.78 is 0. The average molecular weight is 608 g/mol. The van der Waals surface area contributed by atoms with Gasteiger partial charge in [0.15, 0.2) is 0 Å². The second-order valence-electron chi connectivity index (χ2n) is 5.51. The second-order valence-corrected chi connectivity index (χ2v) is 39.5. The molecule has 0 unspecified atom stereocenters. The molecular formula is C19H19Br3NOZr. The molecule has 0 bridgehead atoms. The quantitative estimate of drug-likeness (QED) is 0.347. The molecule has 0 aromatic heterocycles. The van der Waals surface area contributed by atoms with Crippen molar-refractivity contribution in [2.24, 2.45) is 4.99 Å². The van der Waals surface area contributed by atoms with Crippen LogP contribution < -0.4 is 0 Å². The number of rotatable bonds is 2. The van der Waals surface area contributed by atoms with Crippen LogP contribution in [0, 0.1) is 0 Å². The van der Waals surface area contributed by atoms with E-state index in [-0.39, 0.29) is 0 Å². The Balaban J connectivity index is 0.000000511. The van der Waals surface area contributed by atoms with E-state index in [0.717, 1.165) is 48.2 Å². The number of nitrogens with zero attached hydrogens (tertiary/aromatic N) is 1. The number of aliphatic imine (C=N–C) groups is 1. The Hall–Kier alpha value is -0.0269. The number of hydrogen-bond donors (Lipinski definition) is 1. The predicted octanol–water partition coefficient (Wildman–Crippen LogP) is 7.84. The van der Waals surface area contributed by atoms with E-state index in [0.29, 0.717) is 5.76 Å². The van der Waals surface area contributed by atoms with Crippen LogP contribution in [0.1, 0.15) is 31.2 Å². The van der Waals surface area contributed by atoms with Crippen molar-refractivity contribution >= 4 is 53.8 Å². The summed E-state index contributed by atoms with van der Waals surface area (Å²) in [5.41, 5.74) is 3.84. The van der Waals surface area contributed by atoms with Gasteiger partial charge in [-0.05, 0) is 37.8 Å². The van der Waals surface area contributed by atoms with E-state index in [1.54, 1.807) is 0 Å². The maximum atomic E-state index is 10.6. The van der Waals surface area contributed by atoms with Gasteiger partial charge in [-0.15, -0.1) is 0 Å². The summed E-state index contributed by atoms with van der Waals surface area (Å²) in [5.74, 6) is 0.380. The standard InChI is InChI=1S/C19H19NO.3BrH.Zr/c21-19(15-9-3-1-4-10-15)17-13-7-8-14-18(17)20-16-11-5-2-6-12-16;;;;/h1-6,9-12,21H,7-8,13-14H2;3*1H;/q;;;;+3/p-3/b19-17-,20-18?;;;;. The van der Waals surface area contributed by atoms with E-state index in [2.05, 4.69) is 36.7 Å². The Bertz CT molecular complexity index is 715. The van der Waals surface area contributed by atoms with Gasteiger partial charge in [-0.3, -0.25) is 4.99 Å². The van der Waals surface area contributed by atoms with Crippen LogP contribution in [0.15, 0.2) is 71.2 Å². The third kappa shape index (κ3) is 7.62. The molecule has 1 aliphatic carbocycles. The molecular weight excluding hydrogens is 589 g/mol. The number of aliphatic hydroxyl groups is 1. The van der Waals surface area contributed by atoms with Crippen LogP contribution in [0.25, 0.3) is 5.76 Å². The molecule has 0 amide bonds. The first-order chi connectivity index (χ1) is 12.1. The summed E-state index contributed by atoms with van der Waals surface area (Å²) in [7, 11) is 0. The van der Waals surface area contributed by atoms with E-state index >= 15 is 0 Å². The Labute approximate surface area is 174 Å². The first-order valence-corrected chi connectivity index (χ1v) is 24.9. The number of allylic oxidation sites excluding steroid dienone is 1. The van der Waals surface area contributed by atoms with Gasteiger partial charge < -0.3 is 5.11 Å². The van der Waals surface area contributed by atoms with Gasteiger partial charge in [0.25, 0.3) is 0 Å². The summed E-state index contributed by atoms with van der Waals surface area (Å²) in [6.07, 6.45) is 4.07. The van der Waals surface area contributed by atoms with Crippen LogP contribution in [0.4, 0.5) is 5.69 Å². The maximum absolute atomic E-state index is 10.6. The van der Waals surface area contributed by atoms with Crippen LogP contribution in [0.5, 0.6) is 0 Å². The Morgan fingerprint density at radius 1 is 0.840 bits per heavy atom. The van der Waals surface area contributed by atoms with Crippen molar-refractivity contribution in [1.82, 2.24) is 0 Å². The van der Waals surface area contributed by atoms with E-state index < -0.39 is 14.7 Å². The van der Waals surface area contributed by atoms with Gasteiger partial charge >= 0.3 is 51.4 Å². The van der Waals surface area contributed by atoms with Crippen LogP contribution in [0.2, 0.25) is 0 Å². The fourth-order valence-electron chi connectivity index (χ4n) is 2.70. The molecule has 2 nitrogen and oxygen atoms in total. The third-order valence-corrected chi connectivity index (χ3v) is 3.79. The normalized spacial score (nSPS) is 17.5. The predicted molar refractivity (Wildman–Crippen MR) is 115 cm³/mol. The van der Waals surface area contributed by atoms with Gasteiger partial charge in [0, 0.05) is 16.8 Å². The van der Waals surface area contributed by atoms with Gasteiger partial charge in [-0.25, -0.2) is 0 Å². The molecule has 2 aromatic rings. The van der Waals surface area contributed by atoms with Crippen molar-refractivity contribution in [2.75, 3.05) is 0 Å². The molecule has 0 atom stereocenters.